The summed E-state index contributed by atoms with van der Waals surface area (Å²) >= 11 is 0. The van der Waals surface area contributed by atoms with Crippen molar-refractivity contribution in [1.82, 2.24) is 15.2 Å². The van der Waals surface area contributed by atoms with Gasteiger partial charge in [0.2, 0.25) is 0 Å². The lowest BCUT2D eigenvalue weighted by Gasteiger charge is -2.21. The largest absolute Gasteiger partial charge is 0.313 e. The highest BCUT2D eigenvalue weighted by Gasteiger charge is 2.33. The fourth-order valence-electron chi connectivity index (χ4n) is 2.55. The van der Waals surface area contributed by atoms with E-state index in [0.29, 0.717) is 0 Å². The van der Waals surface area contributed by atoms with E-state index in [1.54, 1.807) is 0 Å². The molecule has 0 bridgehead atoms. The fraction of sp³-hybridized carbons (Fsp3) is 0.688. The standard InChI is InChI=1S/C16H25N3/c1-2-17-9-14-5-6-15(18-10-14)12-19(16-7-8-16)11-13-3-4-13/h5-6,10,13,16-17H,2-4,7-9,11-12H2,1H3. The Kier molecular flexibility index (Phi) is 4.14. The zero-order valence-corrected chi connectivity index (χ0v) is 11.9. The number of pyridine rings is 1. The Morgan fingerprint density at radius 1 is 1.26 bits per heavy atom. The van der Waals surface area contributed by atoms with E-state index in [2.05, 4.69) is 34.3 Å². The van der Waals surface area contributed by atoms with Crippen LogP contribution in [0.25, 0.3) is 0 Å². The van der Waals surface area contributed by atoms with Gasteiger partial charge in [0.05, 0.1) is 5.69 Å². The summed E-state index contributed by atoms with van der Waals surface area (Å²) in [6.07, 6.45) is 7.70. The molecular formula is C16H25N3. The Labute approximate surface area is 116 Å². The van der Waals surface area contributed by atoms with Crippen LogP contribution in [0.1, 0.15) is 43.9 Å². The summed E-state index contributed by atoms with van der Waals surface area (Å²) in [5, 5.41) is 3.34. The Bertz CT molecular complexity index is 393. The lowest BCUT2D eigenvalue weighted by Crippen LogP contribution is -2.28. The van der Waals surface area contributed by atoms with Gasteiger partial charge in [-0.1, -0.05) is 13.0 Å². The summed E-state index contributed by atoms with van der Waals surface area (Å²) in [6.45, 7) is 6.41. The maximum atomic E-state index is 4.63. The normalized spacial score (nSPS) is 19.1. The predicted molar refractivity (Wildman–Crippen MR) is 77.8 cm³/mol. The molecule has 3 nitrogen and oxygen atoms in total. The Balaban J connectivity index is 1.54. The number of hydrogen-bond donors (Lipinski definition) is 1. The van der Waals surface area contributed by atoms with Crippen molar-refractivity contribution in [1.29, 1.82) is 0 Å². The lowest BCUT2D eigenvalue weighted by atomic mass is 10.2. The van der Waals surface area contributed by atoms with Crippen molar-refractivity contribution < 1.29 is 0 Å². The van der Waals surface area contributed by atoms with Crippen LogP contribution in [0, 0.1) is 5.92 Å². The van der Waals surface area contributed by atoms with Crippen molar-refractivity contribution in [2.45, 2.75) is 51.7 Å². The van der Waals surface area contributed by atoms with E-state index in [9.17, 15) is 0 Å². The van der Waals surface area contributed by atoms with Crippen LogP contribution in [0.2, 0.25) is 0 Å². The fourth-order valence-corrected chi connectivity index (χ4v) is 2.55. The molecule has 3 rings (SSSR count). The number of aromatic nitrogens is 1. The summed E-state index contributed by atoms with van der Waals surface area (Å²) in [5.74, 6) is 0.980. The second kappa shape index (κ2) is 6.02. The lowest BCUT2D eigenvalue weighted by molar-refractivity contribution is 0.241. The summed E-state index contributed by atoms with van der Waals surface area (Å²) in [5.41, 5.74) is 2.51. The summed E-state index contributed by atoms with van der Waals surface area (Å²) in [4.78, 5) is 7.28. The third kappa shape index (κ3) is 4.02. The first-order valence-corrected chi connectivity index (χ1v) is 7.73. The highest BCUT2D eigenvalue weighted by molar-refractivity contribution is 5.14. The van der Waals surface area contributed by atoms with Crippen LogP contribution in [0.4, 0.5) is 0 Å². The topological polar surface area (TPSA) is 28.2 Å². The van der Waals surface area contributed by atoms with Gasteiger partial charge >= 0.3 is 0 Å². The third-order valence-electron chi connectivity index (χ3n) is 4.08. The second-order valence-corrected chi connectivity index (χ2v) is 6.04. The summed E-state index contributed by atoms with van der Waals surface area (Å²) in [6, 6.07) is 5.27. The molecule has 0 amide bonds. The third-order valence-corrected chi connectivity index (χ3v) is 4.08. The van der Waals surface area contributed by atoms with Crippen molar-refractivity contribution in [3.8, 4) is 0 Å². The van der Waals surface area contributed by atoms with Crippen LogP contribution in [0.15, 0.2) is 18.3 Å². The summed E-state index contributed by atoms with van der Waals surface area (Å²) < 4.78 is 0. The second-order valence-electron chi connectivity index (χ2n) is 6.04. The number of rotatable bonds is 8. The van der Waals surface area contributed by atoms with E-state index in [1.807, 2.05) is 6.20 Å². The van der Waals surface area contributed by atoms with Crippen molar-refractivity contribution in [3.63, 3.8) is 0 Å². The molecule has 0 spiro atoms. The molecule has 0 unspecified atom stereocenters. The maximum Gasteiger partial charge on any atom is 0.0544 e. The SMILES string of the molecule is CCNCc1ccc(CN(CC2CC2)C2CC2)nc1. The van der Waals surface area contributed by atoms with Crippen molar-refractivity contribution in [3.05, 3.63) is 29.6 Å². The van der Waals surface area contributed by atoms with Crippen LogP contribution in [-0.2, 0) is 13.1 Å². The highest BCUT2D eigenvalue weighted by atomic mass is 15.2. The molecule has 1 aromatic rings. The average molecular weight is 259 g/mol. The van der Waals surface area contributed by atoms with Crippen LogP contribution < -0.4 is 5.32 Å². The molecule has 2 aliphatic rings. The number of nitrogens with one attached hydrogen (secondary N) is 1. The minimum atomic E-state index is 0.851. The van der Waals surface area contributed by atoms with Crippen molar-refractivity contribution in [2.24, 2.45) is 5.92 Å². The van der Waals surface area contributed by atoms with Gasteiger partial charge in [-0.3, -0.25) is 9.88 Å². The first-order valence-electron chi connectivity index (χ1n) is 7.73. The van der Waals surface area contributed by atoms with E-state index in [-0.39, 0.29) is 0 Å². The van der Waals surface area contributed by atoms with Gasteiger partial charge in [-0.05, 0) is 49.8 Å². The molecule has 2 aliphatic carbocycles. The van der Waals surface area contributed by atoms with E-state index in [0.717, 1.165) is 31.6 Å². The first-order chi connectivity index (χ1) is 9.35. The Morgan fingerprint density at radius 2 is 2.11 bits per heavy atom. The molecule has 0 saturated heterocycles. The van der Waals surface area contributed by atoms with Crippen LogP contribution in [-0.4, -0.2) is 29.0 Å². The minimum absolute atomic E-state index is 0.851. The molecule has 1 heterocycles. The average Bonchev–Trinajstić information content (AvgIpc) is 3.28. The molecule has 19 heavy (non-hydrogen) atoms. The van der Waals surface area contributed by atoms with Crippen LogP contribution in [0.5, 0.6) is 0 Å². The van der Waals surface area contributed by atoms with E-state index < -0.39 is 0 Å². The van der Waals surface area contributed by atoms with Gasteiger partial charge in [0.1, 0.15) is 0 Å². The molecule has 104 valence electrons. The Hall–Kier alpha value is -0.930. The molecule has 2 saturated carbocycles. The Morgan fingerprint density at radius 3 is 2.68 bits per heavy atom. The highest BCUT2D eigenvalue weighted by Crippen LogP contribution is 2.35. The zero-order valence-electron chi connectivity index (χ0n) is 11.9. The van der Waals surface area contributed by atoms with Gasteiger partial charge in [0.15, 0.2) is 0 Å². The number of nitrogens with zero attached hydrogens (tertiary/aromatic N) is 2. The molecule has 3 heteroatoms. The summed E-state index contributed by atoms with van der Waals surface area (Å²) in [7, 11) is 0. The molecule has 2 fully saturated rings. The van der Waals surface area contributed by atoms with E-state index in [4.69, 9.17) is 0 Å². The molecular weight excluding hydrogens is 234 g/mol. The van der Waals surface area contributed by atoms with Gasteiger partial charge < -0.3 is 5.32 Å². The zero-order chi connectivity index (χ0) is 13.1. The molecule has 0 aromatic carbocycles. The molecule has 0 aliphatic heterocycles. The minimum Gasteiger partial charge on any atom is -0.313 e. The first kappa shape index (κ1) is 13.1. The van der Waals surface area contributed by atoms with Crippen LogP contribution in [0.3, 0.4) is 0 Å². The smallest absolute Gasteiger partial charge is 0.0544 e. The van der Waals surface area contributed by atoms with Gasteiger partial charge in [0, 0.05) is 31.9 Å². The predicted octanol–water partition coefficient (Wildman–Crippen LogP) is 2.57. The monoisotopic (exact) mass is 259 g/mol. The quantitative estimate of drug-likeness (QED) is 0.777. The molecule has 0 radical (unpaired) electrons. The van der Waals surface area contributed by atoms with Gasteiger partial charge in [-0.15, -0.1) is 0 Å². The van der Waals surface area contributed by atoms with Gasteiger partial charge in [0.25, 0.3) is 0 Å². The van der Waals surface area contributed by atoms with Gasteiger partial charge in [-0.2, -0.15) is 0 Å². The molecule has 0 atom stereocenters. The van der Waals surface area contributed by atoms with Crippen molar-refractivity contribution in [2.75, 3.05) is 13.1 Å². The number of hydrogen-bond acceptors (Lipinski definition) is 3. The maximum absolute atomic E-state index is 4.63. The van der Waals surface area contributed by atoms with E-state index in [1.165, 1.54) is 43.5 Å². The van der Waals surface area contributed by atoms with E-state index >= 15 is 0 Å². The molecule has 1 aromatic heterocycles. The van der Waals surface area contributed by atoms with Crippen molar-refractivity contribution >= 4 is 0 Å². The molecule has 1 N–H and O–H groups in total. The van der Waals surface area contributed by atoms with Crippen LogP contribution >= 0.6 is 0 Å². The van der Waals surface area contributed by atoms with Gasteiger partial charge in [-0.25, -0.2) is 0 Å².